The van der Waals surface area contributed by atoms with E-state index in [-0.39, 0.29) is 0 Å². The maximum atomic E-state index is 9.55. The molecule has 1 aromatic heterocycles. The van der Waals surface area contributed by atoms with Crippen LogP contribution in [0.25, 0.3) is 0 Å². The minimum atomic E-state index is -0.616. The molecule has 68 valence electrons. The fraction of sp³-hybridized carbons (Fsp3) is 0.571. The van der Waals surface area contributed by atoms with E-state index in [0.717, 1.165) is 0 Å². The molecule has 5 heteroatoms. The minimum Gasteiger partial charge on any atom is -0.387 e. The third kappa shape index (κ3) is 1.77. The fourth-order valence-corrected chi connectivity index (χ4v) is 1.38. The topological polar surface area (TPSA) is 64.1 Å². The van der Waals surface area contributed by atoms with E-state index in [1.54, 1.807) is 11.7 Å². The molecule has 12 heavy (non-hydrogen) atoms. The molecule has 0 aromatic carbocycles. The summed E-state index contributed by atoms with van der Waals surface area (Å²) in [6.07, 6.45) is 1.39. The highest BCUT2D eigenvalue weighted by atomic mass is 35.5. The predicted octanol–water partition coefficient (Wildman–Crippen LogP) is 0.456. The normalized spacial score (nSPS) is 13.3. The highest BCUT2D eigenvalue weighted by Gasteiger charge is 2.14. The summed E-state index contributed by atoms with van der Waals surface area (Å²) in [5.41, 5.74) is 5.93. The molecule has 0 saturated carbocycles. The number of nitrogens with two attached hydrogens (primary N) is 1. The maximum absolute atomic E-state index is 9.55. The van der Waals surface area contributed by atoms with Crippen LogP contribution >= 0.6 is 11.6 Å². The van der Waals surface area contributed by atoms with Crippen molar-refractivity contribution in [1.82, 2.24) is 9.78 Å². The molecule has 0 fully saturated rings. The second-order valence-electron chi connectivity index (χ2n) is 2.59. The summed E-state index contributed by atoms with van der Waals surface area (Å²) in [7, 11) is 1.74. The van der Waals surface area contributed by atoms with E-state index in [0.29, 0.717) is 23.7 Å². The van der Waals surface area contributed by atoms with E-state index in [2.05, 4.69) is 5.10 Å². The first-order valence-corrected chi connectivity index (χ1v) is 4.10. The van der Waals surface area contributed by atoms with Gasteiger partial charge in [-0.2, -0.15) is 5.10 Å². The molecule has 4 nitrogen and oxygen atoms in total. The molecule has 1 atom stereocenters. The van der Waals surface area contributed by atoms with Crippen LogP contribution in [0, 0.1) is 0 Å². The molecule has 0 aliphatic heterocycles. The SMILES string of the molecule is Cn1ncc(Cl)c1C(O)CCN. The van der Waals surface area contributed by atoms with Crippen molar-refractivity contribution < 1.29 is 5.11 Å². The lowest BCUT2D eigenvalue weighted by Crippen LogP contribution is -2.10. The van der Waals surface area contributed by atoms with E-state index >= 15 is 0 Å². The summed E-state index contributed by atoms with van der Waals surface area (Å²) < 4.78 is 1.56. The van der Waals surface area contributed by atoms with Crippen LogP contribution in [0.4, 0.5) is 0 Å². The number of rotatable bonds is 3. The van der Waals surface area contributed by atoms with Crippen molar-refractivity contribution in [2.45, 2.75) is 12.5 Å². The Bertz CT molecular complexity index is 242. The predicted molar refractivity (Wildman–Crippen MR) is 46.8 cm³/mol. The molecule has 1 aromatic rings. The van der Waals surface area contributed by atoms with Crippen LogP contribution in [0.15, 0.2) is 6.20 Å². The van der Waals surface area contributed by atoms with Crippen LogP contribution in [0.1, 0.15) is 18.2 Å². The molecule has 0 radical (unpaired) electrons. The summed E-state index contributed by atoms with van der Waals surface area (Å²) in [6.45, 7) is 0.433. The molecule has 3 N–H and O–H groups in total. The zero-order valence-corrected chi connectivity index (χ0v) is 7.62. The van der Waals surface area contributed by atoms with Gasteiger partial charge in [-0.3, -0.25) is 4.68 Å². The Morgan fingerprint density at radius 3 is 2.92 bits per heavy atom. The van der Waals surface area contributed by atoms with Crippen LogP contribution in [-0.2, 0) is 7.05 Å². The Balaban J connectivity index is 2.85. The molecule has 0 spiro atoms. The van der Waals surface area contributed by atoms with Crippen molar-refractivity contribution in [3.05, 3.63) is 16.9 Å². The molecule has 0 aliphatic rings. The van der Waals surface area contributed by atoms with Gasteiger partial charge in [-0.15, -0.1) is 0 Å². The molecular weight excluding hydrogens is 178 g/mol. The molecule has 1 heterocycles. The number of halogens is 1. The van der Waals surface area contributed by atoms with Gasteiger partial charge < -0.3 is 10.8 Å². The molecule has 0 amide bonds. The van der Waals surface area contributed by atoms with Gasteiger partial charge in [0.25, 0.3) is 0 Å². The van der Waals surface area contributed by atoms with Gasteiger partial charge in [0.2, 0.25) is 0 Å². The van der Waals surface area contributed by atoms with Gasteiger partial charge in [0.15, 0.2) is 0 Å². The first kappa shape index (κ1) is 9.51. The molecule has 1 unspecified atom stereocenters. The lowest BCUT2D eigenvalue weighted by molar-refractivity contribution is 0.161. The van der Waals surface area contributed by atoms with Gasteiger partial charge in [-0.1, -0.05) is 11.6 Å². The molecule has 0 saturated heterocycles. The number of aryl methyl sites for hydroxylation is 1. The fourth-order valence-electron chi connectivity index (χ4n) is 1.09. The second kappa shape index (κ2) is 3.89. The van der Waals surface area contributed by atoms with Gasteiger partial charge in [-0.25, -0.2) is 0 Å². The number of aliphatic hydroxyl groups excluding tert-OH is 1. The number of nitrogens with zero attached hydrogens (tertiary/aromatic N) is 2. The lowest BCUT2D eigenvalue weighted by Gasteiger charge is -2.09. The highest BCUT2D eigenvalue weighted by Crippen LogP contribution is 2.23. The third-order valence-electron chi connectivity index (χ3n) is 1.69. The van der Waals surface area contributed by atoms with Crippen LogP contribution in [0.3, 0.4) is 0 Å². The van der Waals surface area contributed by atoms with Crippen molar-refractivity contribution in [3.8, 4) is 0 Å². The molecule has 0 bridgehead atoms. The number of aromatic nitrogens is 2. The number of hydrogen-bond acceptors (Lipinski definition) is 3. The monoisotopic (exact) mass is 189 g/mol. The first-order valence-electron chi connectivity index (χ1n) is 3.72. The third-order valence-corrected chi connectivity index (χ3v) is 1.98. The standard InChI is InChI=1S/C7H12ClN3O/c1-11-7(5(8)4-10-11)6(12)2-3-9/h4,6,12H,2-3,9H2,1H3. The van der Waals surface area contributed by atoms with Gasteiger partial charge in [0, 0.05) is 7.05 Å². The number of hydrogen-bond donors (Lipinski definition) is 2. The van der Waals surface area contributed by atoms with Crippen molar-refractivity contribution in [2.24, 2.45) is 12.8 Å². The molecular formula is C7H12ClN3O. The van der Waals surface area contributed by atoms with Crippen LogP contribution in [0.5, 0.6) is 0 Å². The summed E-state index contributed by atoms with van der Waals surface area (Å²) in [4.78, 5) is 0. The first-order chi connectivity index (χ1) is 5.66. The van der Waals surface area contributed by atoms with E-state index in [1.165, 1.54) is 6.20 Å². The van der Waals surface area contributed by atoms with Crippen molar-refractivity contribution in [2.75, 3.05) is 6.54 Å². The largest absolute Gasteiger partial charge is 0.387 e. The molecule has 1 rings (SSSR count). The smallest absolute Gasteiger partial charge is 0.0983 e. The van der Waals surface area contributed by atoms with E-state index in [4.69, 9.17) is 17.3 Å². The van der Waals surface area contributed by atoms with E-state index in [9.17, 15) is 5.11 Å². The second-order valence-corrected chi connectivity index (χ2v) is 3.00. The van der Waals surface area contributed by atoms with E-state index < -0.39 is 6.10 Å². The Morgan fingerprint density at radius 1 is 1.83 bits per heavy atom. The maximum Gasteiger partial charge on any atom is 0.0983 e. The van der Waals surface area contributed by atoms with Crippen molar-refractivity contribution in [1.29, 1.82) is 0 Å². The van der Waals surface area contributed by atoms with Gasteiger partial charge in [-0.05, 0) is 13.0 Å². The lowest BCUT2D eigenvalue weighted by atomic mass is 10.2. The van der Waals surface area contributed by atoms with Gasteiger partial charge >= 0.3 is 0 Å². The zero-order chi connectivity index (χ0) is 9.14. The summed E-state index contributed by atoms with van der Waals surface area (Å²) >= 11 is 5.79. The van der Waals surface area contributed by atoms with Crippen LogP contribution in [-0.4, -0.2) is 21.4 Å². The number of aliphatic hydroxyl groups is 1. The Morgan fingerprint density at radius 2 is 2.50 bits per heavy atom. The highest BCUT2D eigenvalue weighted by molar-refractivity contribution is 6.31. The Hall–Kier alpha value is -0.580. The molecule has 0 aliphatic carbocycles. The zero-order valence-electron chi connectivity index (χ0n) is 6.87. The van der Waals surface area contributed by atoms with Crippen LogP contribution in [0.2, 0.25) is 5.02 Å². The Kier molecular flexibility index (Phi) is 3.08. The van der Waals surface area contributed by atoms with Crippen molar-refractivity contribution >= 4 is 11.6 Å². The summed E-state index contributed by atoms with van der Waals surface area (Å²) in [5, 5.41) is 13.9. The quantitative estimate of drug-likeness (QED) is 0.726. The Labute approximate surface area is 75.9 Å². The van der Waals surface area contributed by atoms with Gasteiger partial charge in [0.05, 0.1) is 23.0 Å². The van der Waals surface area contributed by atoms with Gasteiger partial charge in [0.1, 0.15) is 0 Å². The van der Waals surface area contributed by atoms with Crippen LogP contribution < -0.4 is 5.73 Å². The minimum absolute atomic E-state index is 0.433. The summed E-state index contributed by atoms with van der Waals surface area (Å²) in [6, 6.07) is 0. The average molecular weight is 190 g/mol. The van der Waals surface area contributed by atoms with Crippen molar-refractivity contribution in [3.63, 3.8) is 0 Å². The summed E-state index contributed by atoms with van der Waals surface area (Å²) in [5.74, 6) is 0. The average Bonchev–Trinajstić information content (AvgIpc) is 2.32. The van der Waals surface area contributed by atoms with E-state index in [1.807, 2.05) is 0 Å².